The van der Waals surface area contributed by atoms with Crippen molar-refractivity contribution in [2.75, 3.05) is 13.7 Å². The summed E-state index contributed by atoms with van der Waals surface area (Å²) in [5.41, 5.74) is 0.268. The highest BCUT2D eigenvalue weighted by atomic mass is 35.5. The van der Waals surface area contributed by atoms with Gasteiger partial charge in [-0.05, 0) is 29.0 Å². The van der Waals surface area contributed by atoms with E-state index in [1.165, 1.54) is 7.11 Å². The van der Waals surface area contributed by atoms with Crippen LogP contribution in [-0.4, -0.2) is 30.1 Å². The Balaban J connectivity index is 2.15. The van der Waals surface area contributed by atoms with Crippen molar-refractivity contribution in [2.24, 2.45) is 17.3 Å². The van der Waals surface area contributed by atoms with Crippen LogP contribution in [0.2, 0.25) is 0 Å². The van der Waals surface area contributed by atoms with Gasteiger partial charge in [-0.25, -0.2) is 4.42 Å². The number of hydrogen-bond donors (Lipinski definition) is 0. The van der Waals surface area contributed by atoms with Gasteiger partial charge < -0.3 is 4.74 Å². The monoisotopic (exact) mass is 203 g/mol. The number of carbonyl (C=O) groups is 1. The largest absolute Gasteiger partial charge is 0.468 e. The van der Waals surface area contributed by atoms with Gasteiger partial charge in [-0.15, -0.1) is 0 Å². The van der Waals surface area contributed by atoms with Gasteiger partial charge in [0.2, 0.25) is 0 Å². The summed E-state index contributed by atoms with van der Waals surface area (Å²) in [6.07, 6.45) is 0. The summed E-state index contributed by atoms with van der Waals surface area (Å²) in [7, 11) is 1.41. The van der Waals surface area contributed by atoms with Crippen LogP contribution in [0.4, 0.5) is 0 Å². The van der Waals surface area contributed by atoms with Crippen molar-refractivity contribution in [1.82, 2.24) is 4.42 Å². The van der Waals surface area contributed by atoms with Gasteiger partial charge in [-0.2, -0.15) is 0 Å². The quantitative estimate of drug-likeness (QED) is 0.475. The first-order valence-electron chi connectivity index (χ1n) is 4.50. The van der Waals surface area contributed by atoms with Gasteiger partial charge in [0.1, 0.15) is 6.04 Å². The van der Waals surface area contributed by atoms with Crippen molar-refractivity contribution in [3.05, 3.63) is 0 Å². The number of methoxy groups -OCH3 is 1. The molecule has 2 aliphatic rings. The van der Waals surface area contributed by atoms with Crippen LogP contribution >= 0.6 is 11.8 Å². The predicted molar refractivity (Wildman–Crippen MR) is 49.1 cm³/mol. The summed E-state index contributed by atoms with van der Waals surface area (Å²) < 4.78 is 6.32. The second-order valence-electron chi connectivity index (χ2n) is 4.50. The molecule has 1 saturated carbocycles. The van der Waals surface area contributed by atoms with Crippen LogP contribution in [0, 0.1) is 17.3 Å². The molecule has 0 aromatic carbocycles. The summed E-state index contributed by atoms with van der Waals surface area (Å²) in [5.74, 6) is 0.750. The van der Waals surface area contributed by atoms with Crippen LogP contribution in [0.25, 0.3) is 0 Å². The van der Waals surface area contributed by atoms with Gasteiger partial charge in [0.05, 0.1) is 7.11 Å². The molecule has 0 amide bonds. The predicted octanol–water partition coefficient (Wildman–Crippen LogP) is 1.27. The van der Waals surface area contributed by atoms with E-state index >= 15 is 0 Å². The Morgan fingerprint density at radius 3 is 2.69 bits per heavy atom. The Labute approximate surface area is 83.1 Å². The Morgan fingerprint density at radius 1 is 1.62 bits per heavy atom. The summed E-state index contributed by atoms with van der Waals surface area (Å²) >= 11 is 5.94. The molecule has 74 valence electrons. The summed E-state index contributed by atoms with van der Waals surface area (Å²) in [6.45, 7) is 5.17. The van der Waals surface area contributed by atoms with Gasteiger partial charge in [0.15, 0.2) is 0 Å². The molecule has 0 unspecified atom stereocenters. The number of fused-ring (bicyclic) bond motifs is 1. The number of nitrogens with zero attached hydrogens (tertiary/aromatic N) is 1. The Morgan fingerprint density at radius 2 is 2.23 bits per heavy atom. The summed E-state index contributed by atoms with van der Waals surface area (Å²) in [6, 6.07) is -0.230. The fourth-order valence-corrected chi connectivity index (χ4v) is 2.97. The normalized spacial score (nSPS) is 41.4. The Kier molecular flexibility index (Phi) is 1.86. The second kappa shape index (κ2) is 2.61. The molecule has 13 heavy (non-hydrogen) atoms. The maximum atomic E-state index is 11.4. The highest BCUT2D eigenvalue weighted by molar-refractivity contribution is 6.15. The van der Waals surface area contributed by atoms with Crippen LogP contribution < -0.4 is 0 Å². The van der Waals surface area contributed by atoms with E-state index in [-0.39, 0.29) is 17.4 Å². The lowest BCUT2D eigenvalue weighted by molar-refractivity contribution is -0.145. The minimum Gasteiger partial charge on any atom is -0.468 e. The summed E-state index contributed by atoms with van der Waals surface area (Å²) in [4.78, 5) is 11.4. The average molecular weight is 204 g/mol. The van der Waals surface area contributed by atoms with E-state index in [2.05, 4.69) is 13.8 Å². The third-order valence-electron chi connectivity index (χ3n) is 3.59. The first-order chi connectivity index (χ1) is 6.00. The lowest BCUT2D eigenvalue weighted by Crippen LogP contribution is -2.36. The van der Waals surface area contributed by atoms with Crippen molar-refractivity contribution in [3.8, 4) is 0 Å². The van der Waals surface area contributed by atoms with Gasteiger partial charge in [0.25, 0.3) is 0 Å². The van der Waals surface area contributed by atoms with Gasteiger partial charge >= 0.3 is 5.97 Å². The molecule has 0 N–H and O–H groups in total. The van der Waals surface area contributed by atoms with Crippen molar-refractivity contribution in [3.63, 3.8) is 0 Å². The number of piperidine rings is 1. The summed E-state index contributed by atoms with van der Waals surface area (Å²) in [5, 5.41) is 0. The zero-order chi connectivity index (χ0) is 9.80. The number of esters is 1. The van der Waals surface area contributed by atoms with Crippen LogP contribution in [0.3, 0.4) is 0 Å². The van der Waals surface area contributed by atoms with E-state index < -0.39 is 0 Å². The fraction of sp³-hybridized carbons (Fsp3) is 0.889. The van der Waals surface area contributed by atoms with E-state index in [0.717, 1.165) is 6.54 Å². The Bertz CT molecular complexity index is 254. The van der Waals surface area contributed by atoms with Crippen molar-refractivity contribution in [1.29, 1.82) is 0 Å². The number of halogens is 1. The number of ether oxygens (including phenoxy) is 1. The molecule has 0 bridgehead atoms. The van der Waals surface area contributed by atoms with E-state index in [4.69, 9.17) is 16.5 Å². The molecule has 3 nitrogen and oxygen atoms in total. The molecule has 3 atom stereocenters. The lowest BCUT2D eigenvalue weighted by Gasteiger charge is -2.22. The molecule has 1 heterocycles. The SMILES string of the molecule is COC(=O)[C@@H]1[C@@H]2[C@H](CN1Cl)C2(C)C. The average Bonchev–Trinajstić information content (AvgIpc) is 2.48. The molecule has 0 aromatic heterocycles. The van der Waals surface area contributed by atoms with E-state index in [9.17, 15) is 4.79 Å². The smallest absolute Gasteiger partial charge is 0.324 e. The first-order valence-corrected chi connectivity index (χ1v) is 4.84. The third-order valence-corrected chi connectivity index (χ3v) is 3.94. The van der Waals surface area contributed by atoms with Crippen LogP contribution in [-0.2, 0) is 9.53 Å². The van der Waals surface area contributed by atoms with Crippen molar-refractivity contribution in [2.45, 2.75) is 19.9 Å². The van der Waals surface area contributed by atoms with Crippen molar-refractivity contribution >= 4 is 17.7 Å². The van der Waals surface area contributed by atoms with E-state index in [1.807, 2.05) is 0 Å². The first kappa shape index (κ1) is 9.28. The number of rotatable bonds is 1. The van der Waals surface area contributed by atoms with Gasteiger partial charge in [-0.3, -0.25) is 4.79 Å². The molecular formula is C9H14ClNO2. The van der Waals surface area contributed by atoms with Crippen LogP contribution in [0.15, 0.2) is 0 Å². The zero-order valence-electron chi connectivity index (χ0n) is 8.08. The number of carbonyl (C=O) groups excluding carboxylic acids is 1. The fourth-order valence-electron chi connectivity index (χ4n) is 2.62. The molecule has 1 aliphatic carbocycles. The van der Waals surface area contributed by atoms with Crippen LogP contribution in [0.5, 0.6) is 0 Å². The molecule has 0 spiro atoms. The van der Waals surface area contributed by atoms with Gasteiger partial charge in [-0.1, -0.05) is 13.8 Å². The highest BCUT2D eigenvalue weighted by Crippen LogP contribution is 2.65. The maximum absolute atomic E-state index is 11.4. The molecular weight excluding hydrogens is 190 g/mol. The van der Waals surface area contributed by atoms with E-state index in [0.29, 0.717) is 11.8 Å². The van der Waals surface area contributed by atoms with Gasteiger partial charge in [0, 0.05) is 6.54 Å². The second-order valence-corrected chi connectivity index (χ2v) is 4.94. The molecule has 1 saturated heterocycles. The minimum absolute atomic E-state index is 0.201. The molecule has 2 rings (SSSR count). The topological polar surface area (TPSA) is 29.5 Å². The lowest BCUT2D eigenvalue weighted by atomic mass is 10.0. The molecule has 2 fully saturated rings. The molecule has 1 aliphatic heterocycles. The number of hydrogen-bond acceptors (Lipinski definition) is 3. The highest BCUT2D eigenvalue weighted by Gasteiger charge is 2.68. The van der Waals surface area contributed by atoms with Crippen molar-refractivity contribution < 1.29 is 9.53 Å². The standard InChI is InChI=1S/C9H14ClNO2/c1-9(2)5-4-11(10)7(6(5)9)8(12)13-3/h5-7H,4H2,1-3H3/t5-,6-,7-/m0/s1. The zero-order valence-corrected chi connectivity index (χ0v) is 8.84. The van der Waals surface area contributed by atoms with Crippen LogP contribution in [0.1, 0.15) is 13.8 Å². The Hall–Kier alpha value is -0.280. The molecule has 0 aromatic rings. The van der Waals surface area contributed by atoms with E-state index in [1.54, 1.807) is 4.42 Å². The third kappa shape index (κ3) is 1.10. The minimum atomic E-state index is -0.230. The molecule has 4 heteroatoms. The maximum Gasteiger partial charge on any atom is 0.324 e. The molecule has 0 radical (unpaired) electrons.